The van der Waals surface area contributed by atoms with Crippen molar-refractivity contribution >= 4 is 5.97 Å². The first kappa shape index (κ1) is 13.4. The van der Waals surface area contributed by atoms with Gasteiger partial charge in [0.15, 0.2) is 0 Å². The molecule has 0 saturated carbocycles. The zero-order chi connectivity index (χ0) is 11.2. The Morgan fingerprint density at radius 2 is 2.00 bits per heavy atom. The van der Waals surface area contributed by atoms with Gasteiger partial charge in [0.05, 0.1) is 27.6 Å². The smallest absolute Gasteiger partial charge is 0.306 e. The Hall–Kier alpha value is -0.610. The second kappa shape index (κ2) is 5.98. The standard InChI is InChI=1S/C10H21NO3/c1-5-6-14-9(7-10(12)13)8-11(2,3)4/h9H,5-8H2,1-4H3/p+1. The van der Waals surface area contributed by atoms with Gasteiger partial charge in [-0.25, -0.2) is 0 Å². The highest BCUT2D eigenvalue weighted by Crippen LogP contribution is 2.05. The van der Waals surface area contributed by atoms with Gasteiger partial charge in [0.2, 0.25) is 0 Å². The van der Waals surface area contributed by atoms with Crippen LogP contribution < -0.4 is 0 Å². The van der Waals surface area contributed by atoms with E-state index in [-0.39, 0.29) is 12.5 Å². The molecular weight excluding hydrogens is 182 g/mol. The summed E-state index contributed by atoms with van der Waals surface area (Å²) in [6.45, 7) is 3.38. The van der Waals surface area contributed by atoms with Crippen LogP contribution in [0.25, 0.3) is 0 Å². The number of hydrogen-bond acceptors (Lipinski definition) is 2. The van der Waals surface area contributed by atoms with Crippen LogP contribution in [-0.2, 0) is 9.53 Å². The summed E-state index contributed by atoms with van der Waals surface area (Å²) in [5.41, 5.74) is 0. The lowest BCUT2D eigenvalue weighted by molar-refractivity contribution is -0.873. The van der Waals surface area contributed by atoms with E-state index in [0.717, 1.165) is 17.4 Å². The summed E-state index contributed by atoms with van der Waals surface area (Å²) in [4.78, 5) is 10.6. The second-order valence-electron chi connectivity index (χ2n) is 4.56. The van der Waals surface area contributed by atoms with E-state index in [1.165, 1.54) is 0 Å². The molecule has 4 nitrogen and oxygen atoms in total. The number of nitrogens with zero attached hydrogens (tertiary/aromatic N) is 1. The second-order valence-corrected chi connectivity index (χ2v) is 4.56. The Balaban J connectivity index is 4.03. The van der Waals surface area contributed by atoms with Gasteiger partial charge in [0, 0.05) is 6.61 Å². The molecule has 1 unspecified atom stereocenters. The number of rotatable bonds is 7. The number of carboxylic acid groups (broad SMARTS) is 1. The van der Waals surface area contributed by atoms with Crippen LogP contribution in [0.15, 0.2) is 0 Å². The molecule has 0 amide bonds. The van der Waals surface area contributed by atoms with Crippen LogP contribution in [0.1, 0.15) is 19.8 Å². The van der Waals surface area contributed by atoms with Crippen LogP contribution in [0.2, 0.25) is 0 Å². The first-order valence-corrected chi connectivity index (χ1v) is 4.99. The van der Waals surface area contributed by atoms with Crippen molar-refractivity contribution in [3.05, 3.63) is 0 Å². The van der Waals surface area contributed by atoms with Crippen molar-refractivity contribution in [3.8, 4) is 0 Å². The van der Waals surface area contributed by atoms with E-state index in [0.29, 0.717) is 6.61 Å². The normalized spacial score (nSPS) is 14.0. The first-order chi connectivity index (χ1) is 6.35. The van der Waals surface area contributed by atoms with E-state index in [9.17, 15) is 4.79 Å². The average Bonchev–Trinajstić information content (AvgIpc) is 1.96. The lowest BCUT2D eigenvalue weighted by Gasteiger charge is -2.28. The molecule has 0 aliphatic carbocycles. The zero-order valence-electron chi connectivity index (χ0n) is 9.62. The van der Waals surface area contributed by atoms with Gasteiger partial charge < -0.3 is 14.3 Å². The molecule has 0 rings (SSSR count). The van der Waals surface area contributed by atoms with Gasteiger partial charge in [-0.1, -0.05) is 6.92 Å². The molecule has 0 aliphatic rings. The maximum absolute atomic E-state index is 10.6. The van der Waals surface area contributed by atoms with Crippen molar-refractivity contribution in [2.45, 2.75) is 25.9 Å². The molecule has 0 radical (unpaired) electrons. The largest absolute Gasteiger partial charge is 0.481 e. The van der Waals surface area contributed by atoms with E-state index < -0.39 is 5.97 Å². The fourth-order valence-electron chi connectivity index (χ4n) is 1.27. The summed E-state index contributed by atoms with van der Waals surface area (Å²) < 4.78 is 6.21. The molecular formula is C10H22NO3+. The minimum Gasteiger partial charge on any atom is -0.481 e. The summed E-state index contributed by atoms with van der Waals surface area (Å²) in [5.74, 6) is -0.792. The maximum Gasteiger partial charge on any atom is 0.306 e. The van der Waals surface area contributed by atoms with Crippen molar-refractivity contribution in [3.63, 3.8) is 0 Å². The maximum atomic E-state index is 10.6. The van der Waals surface area contributed by atoms with Gasteiger partial charge in [-0.05, 0) is 6.42 Å². The Bertz CT molecular complexity index is 175. The summed E-state index contributed by atoms with van der Waals surface area (Å²) in [7, 11) is 6.10. The predicted octanol–water partition coefficient (Wildman–Crippen LogP) is 0.963. The van der Waals surface area contributed by atoms with Gasteiger partial charge in [-0.3, -0.25) is 4.79 Å². The number of quaternary nitrogens is 1. The van der Waals surface area contributed by atoms with Crippen molar-refractivity contribution in [2.75, 3.05) is 34.3 Å². The molecule has 1 N–H and O–H groups in total. The molecule has 4 heteroatoms. The SMILES string of the molecule is CCCOC(CC(=O)O)C[N+](C)(C)C. The van der Waals surface area contributed by atoms with Gasteiger partial charge in [0.25, 0.3) is 0 Å². The highest BCUT2D eigenvalue weighted by atomic mass is 16.5. The zero-order valence-corrected chi connectivity index (χ0v) is 9.62. The minimum atomic E-state index is -0.792. The number of aliphatic carboxylic acids is 1. The number of carboxylic acids is 1. The lowest BCUT2D eigenvalue weighted by Crippen LogP contribution is -2.43. The van der Waals surface area contributed by atoms with E-state index >= 15 is 0 Å². The number of carbonyl (C=O) groups is 1. The molecule has 84 valence electrons. The fourth-order valence-corrected chi connectivity index (χ4v) is 1.27. The van der Waals surface area contributed by atoms with E-state index in [2.05, 4.69) is 0 Å². The summed E-state index contributed by atoms with van der Waals surface area (Å²) in [6.07, 6.45) is 0.843. The molecule has 0 bridgehead atoms. The van der Waals surface area contributed by atoms with Crippen LogP contribution in [0.5, 0.6) is 0 Å². The number of likely N-dealkylation sites (N-methyl/N-ethyl adjacent to an activating group) is 1. The van der Waals surface area contributed by atoms with Crippen molar-refractivity contribution in [2.24, 2.45) is 0 Å². The van der Waals surface area contributed by atoms with E-state index in [1.807, 2.05) is 28.1 Å². The van der Waals surface area contributed by atoms with Gasteiger partial charge in [-0.2, -0.15) is 0 Å². The third-order valence-electron chi connectivity index (χ3n) is 1.71. The fraction of sp³-hybridized carbons (Fsp3) is 0.900. The highest BCUT2D eigenvalue weighted by molar-refractivity contribution is 5.67. The van der Waals surface area contributed by atoms with E-state index in [1.54, 1.807) is 0 Å². The van der Waals surface area contributed by atoms with Gasteiger partial charge in [0.1, 0.15) is 12.6 Å². The molecule has 0 aliphatic heterocycles. The molecule has 0 saturated heterocycles. The molecule has 0 heterocycles. The van der Waals surface area contributed by atoms with Crippen molar-refractivity contribution in [1.29, 1.82) is 0 Å². The van der Waals surface area contributed by atoms with Crippen LogP contribution in [0, 0.1) is 0 Å². The Morgan fingerprint density at radius 3 is 2.36 bits per heavy atom. The molecule has 1 atom stereocenters. The predicted molar refractivity (Wildman–Crippen MR) is 55.2 cm³/mol. The van der Waals surface area contributed by atoms with Crippen LogP contribution in [0.4, 0.5) is 0 Å². The van der Waals surface area contributed by atoms with Crippen LogP contribution in [-0.4, -0.2) is 56.0 Å². The van der Waals surface area contributed by atoms with Crippen molar-refractivity contribution < 1.29 is 19.1 Å². The third-order valence-corrected chi connectivity index (χ3v) is 1.71. The summed E-state index contributed by atoms with van der Waals surface area (Å²) in [5, 5.41) is 8.69. The average molecular weight is 204 g/mol. The Morgan fingerprint density at radius 1 is 1.43 bits per heavy atom. The first-order valence-electron chi connectivity index (χ1n) is 4.99. The third kappa shape index (κ3) is 8.01. The minimum absolute atomic E-state index is 0.0928. The molecule has 0 aromatic carbocycles. The molecule has 14 heavy (non-hydrogen) atoms. The summed E-state index contributed by atoms with van der Waals surface area (Å²) in [6, 6.07) is 0. The van der Waals surface area contributed by atoms with E-state index in [4.69, 9.17) is 9.84 Å². The van der Waals surface area contributed by atoms with Gasteiger partial charge in [-0.15, -0.1) is 0 Å². The molecule has 0 spiro atoms. The van der Waals surface area contributed by atoms with Gasteiger partial charge >= 0.3 is 5.97 Å². The Kier molecular flexibility index (Phi) is 5.72. The molecule has 0 fully saturated rings. The topological polar surface area (TPSA) is 46.5 Å². The number of ether oxygens (including phenoxy) is 1. The quantitative estimate of drug-likeness (QED) is 0.628. The lowest BCUT2D eigenvalue weighted by atomic mass is 10.2. The Labute approximate surface area is 86.1 Å². The monoisotopic (exact) mass is 204 g/mol. The number of hydrogen-bond donors (Lipinski definition) is 1. The van der Waals surface area contributed by atoms with Crippen LogP contribution in [0.3, 0.4) is 0 Å². The van der Waals surface area contributed by atoms with Crippen molar-refractivity contribution in [1.82, 2.24) is 0 Å². The van der Waals surface area contributed by atoms with Crippen LogP contribution >= 0.6 is 0 Å². The highest BCUT2D eigenvalue weighted by Gasteiger charge is 2.21. The summed E-state index contributed by atoms with van der Waals surface area (Å²) >= 11 is 0. The molecule has 0 aromatic heterocycles. The molecule has 0 aromatic rings.